The van der Waals surface area contributed by atoms with Gasteiger partial charge in [0.2, 0.25) is 0 Å². The van der Waals surface area contributed by atoms with E-state index < -0.39 is 10.9 Å². The first kappa shape index (κ1) is 14.1. The number of ether oxygens (including phenoxy) is 1. The van der Waals surface area contributed by atoms with Crippen molar-refractivity contribution < 1.29 is 14.8 Å². The van der Waals surface area contributed by atoms with Crippen LogP contribution in [0.2, 0.25) is 0 Å². The van der Waals surface area contributed by atoms with Crippen LogP contribution in [-0.4, -0.2) is 11.5 Å². The molecule has 2 N–H and O–H groups in total. The van der Waals surface area contributed by atoms with Gasteiger partial charge in [-0.05, 0) is 34.7 Å². The SMILES string of the molecule is CCOC([O-])=C(Br)NNc1ccc([N+](=O)[O-])cc1. The monoisotopic (exact) mass is 316 g/mol. The molecule has 0 bridgehead atoms. The maximum Gasteiger partial charge on any atom is 0.269 e. The molecule has 1 rings (SSSR count). The number of anilines is 1. The number of hydrazine groups is 1. The first-order valence-corrected chi connectivity index (χ1v) is 5.80. The van der Waals surface area contributed by atoms with Gasteiger partial charge in [-0.25, -0.2) is 0 Å². The van der Waals surface area contributed by atoms with E-state index in [1.807, 2.05) is 0 Å². The fourth-order valence-electron chi connectivity index (χ4n) is 1.04. The molecule has 0 spiro atoms. The van der Waals surface area contributed by atoms with Gasteiger partial charge in [0.25, 0.3) is 5.69 Å². The zero-order valence-electron chi connectivity index (χ0n) is 9.47. The van der Waals surface area contributed by atoms with E-state index in [1.54, 1.807) is 6.92 Å². The van der Waals surface area contributed by atoms with Crippen LogP contribution in [0.1, 0.15) is 6.92 Å². The second-order valence-corrected chi connectivity index (χ2v) is 3.88. The molecule has 1 aromatic rings. The predicted molar refractivity (Wildman–Crippen MR) is 67.4 cm³/mol. The highest BCUT2D eigenvalue weighted by molar-refractivity contribution is 9.11. The maximum atomic E-state index is 11.2. The van der Waals surface area contributed by atoms with Gasteiger partial charge in [-0.3, -0.25) is 15.5 Å². The summed E-state index contributed by atoms with van der Waals surface area (Å²) in [5.41, 5.74) is 5.83. The van der Waals surface area contributed by atoms with Gasteiger partial charge in [0.05, 0.1) is 16.6 Å². The smallest absolute Gasteiger partial charge is 0.269 e. The zero-order valence-corrected chi connectivity index (χ0v) is 11.1. The summed E-state index contributed by atoms with van der Waals surface area (Å²) in [6.45, 7) is 1.97. The van der Waals surface area contributed by atoms with E-state index in [-0.39, 0.29) is 16.9 Å². The van der Waals surface area contributed by atoms with Crippen molar-refractivity contribution in [2.75, 3.05) is 12.0 Å². The lowest BCUT2D eigenvalue weighted by molar-refractivity contribution is -0.384. The Balaban J connectivity index is 2.58. The van der Waals surface area contributed by atoms with Gasteiger partial charge < -0.3 is 15.3 Å². The third kappa shape index (κ3) is 4.13. The van der Waals surface area contributed by atoms with Crippen molar-refractivity contribution in [3.63, 3.8) is 0 Å². The Hall–Kier alpha value is -1.96. The maximum absolute atomic E-state index is 11.2. The molecular formula is C10H11BrN3O4-. The largest absolute Gasteiger partial charge is 0.612 e. The van der Waals surface area contributed by atoms with Crippen LogP contribution in [0.15, 0.2) is 34.8 Å². The van der Waals surface area contributed by atoms with Crippen LogP contribution in [0.5, 0.6) is 0 Å². The number of hydrogen-bond donors (Lipinski definition) is 2. The molecule has 0 unspecified atom stereocenters. The van der Waals surface area contributed by atoms with E-state index in [4.69, 9.17) is 4.74 Å². The van der Waals surface area contributed by atoms with Crippen molar-refractivity contribution in [2.45, 2.75) is 6.92 Å². The molecule has 0 aliphatic heterocycles. The van der Waals surface area contributed by atoms with E-state index in [0.29, 0.717) is 5.69 Å². The van der Waals surface area contributed by atoms with Crippen LogP contribution >= 0.6 is 15.9 Å². The van der Waals surface area contributed by atoms with Crippen molar-refractivity contribution in [1.29, 1.82) is 0 Å². The van der Waals surface area contributed by atoms with Gasteiger partial charge >= 0.3 is 0 Å². The Labute approximate surface area is 112 Å². The lowest BCUT2D eigenvalue weighted by atomic mass is 10.3. The minimum atomic E-state index is -0.535. The van der Waals surface area contributed by atoms with E-state index in [0.717, 1.165) is 0 Å². The number of rotatable bonds is 6. The molecule has 0 aromatic heterocycles. The summed E-state index contributed by atoms with van der Waals surface area (Å²) in [5, 5.41) is 21.6. The molecule has 0 saturated heterocycles. The van der Waals surface area contributed by atoms with Crippen molar-refractivity contribution in [3.8, 4) is 0 Å². The number of nitrogens with one attached hydrogen (secondary N) is 2. The molecule has 8 heteroatoms. The lowest BCUT2D eigenvalue weighted by Crippen LogP contribution is -2.23. The second kappa shape index (κ2) is 6.70. The molecule has 18 heavy (non-hydrogen) atoms. The van der Waals surface area contributed by atoms with Crippen molar-refractivity contribution in [1.82, 2.24) is 5.43 Å². The summed E-state index contributed by atoms with van der Waals surface area (Å²) in [6, 6.07) is 5.72. The number of nitro benzene ring substituents is 1. The summed E-state index contributed by atoms with van der Waals surface area (Å²) >= 11 is 3.00. The van der Waals surface area contributed by atoms with E-state index in [9.17, 15) is 15.2 Å². The Morgan fingerprint density at radius 2 is 2.06 bits per heavy atom. The van der Waals surface area contributed by atoms with Gasteiger partial charge in [0.15, 0.2) is 0 Å². The third-order valence-electron chi connectivity index (χ3n) is 1.85. The Morgan fingerprint density at radius 1 is 1.44 bits per heavy atom. The average molecular weight is 317 g/mol. The summed E-state index contributed by atoms with van der Waals surface area (Å²) in [7, 11) is 0. The van der Waals surface area contributed by atoms with Crippen LogP contribution in [0.4, 0.5) is 11.4 Å². The number of nitrogens with zero attached hydrogens (tertiary/aromatic N) is 1. The molecule has 1 aromatic carbocycles. The highest BCUT2D eigenvalue weighted by Crippen LogP contribution is 2.15. The van der Waals surface area contributed by atoms with Crippen LogP contribution in [0, 0.1) is 10.1 Å². The highest BCUT2D eigenvalue weighted by Gasteiger charge is 2.03. The molecule has 0 amide bonds. The van der Waals surface area contributed by atoms with E-state index in [2.05, 4.69) is 26.8 Å². The van der Waals surface area contributed by atoms with Gasteiger partial charge in [-0.2, -0.15) is 0 Å². The van der Waals surface area contributed by atoms with Crippen LogP contribution in [0.3, 0.4) is 0 Å². The molecule has 0 radical (unpaired) electrons. The molecule has 0 atom stereocenters. The van der Waals surface area contributed by atoms with Gasteiger partial charge in [-0.1, -0.05) is 6.92 Å². The molecule has 7 nitrogen and oxygen atoms in total. The lowest BCUT2D eigenvalue weighted by Gasteiger charge is -2.17. The third-order valence-corrected chi connectivity index (χ3v) is 2.37. The Bertz CT molecular complexity index is 447. The number of halogens is 1. The first-order valence-electron chi connectivity index (χ1n) is 5.00. The van der Waals surface area contributed by atoms with Gasteiger partial charge in [0.1, 0.15) is 4.61 Å². The number of benzene rings is 1. The normalized spacial score (nSPS) is 11.4. The Kier molecular flexibility index (Phi) is 5.25. The van der Waals surface area contributed by atoms with E-state index in [1.165, 1.54) is 24.3 Å². The highest BCUT2D eigenvalue weighted by atomic mass is 79.9. The first-order chi connectivity index (χ1) is 8.54. The average Bonchev–Trinajstić information content (AvgIpc) is 2.36. The van der Waals surface area contributed by atoms with Crippen LogP contribution < -0.4 is 16.0 Å². The molecule has 0 fully saturated rings. The van der Waals surface area contributed by atoms with Crippen LogP contribution in [-0.2, 0) is 4.74 Å². The molecule has 0 saturated carbocycles. The van der Waals surface area contributed by atoms with Crippen molar-refractivity contribution >= 4 is 27.3 Å². The van der Waals surface area contributed by atoms with Crippen molar-refractivity contribution in [3.05, 3.63) is 44.9 Å². The zero-order chi connectivity index (χ0) is 13.5. The summed E-state index contributed by atoms with van der Waals surface area (Å²) in [6.07, 6.45) is 0. The second-order valence-electron chi connectivity index (χ2n) is 3.09. The molecule has 98 valence electrons. The van der Waals surface area contributed by atoms with Gasteiger partial charge in [-0.15, -0.1) is 0 Å². The van der Waals surface area contributed by atoms with Crippen LogP contribution in [0.25, 0.3) is 0 Å². The summed E-state index contributed by atoms with van der Waals surface area (Å²) in [4.78, 5) is 9.95. The number of non-ortho nitro benzene ring substituents is 1. The molecule has 0 aliphatic rings. The quantitative estimate of drug-likeness (QED) is 0.356. The Morgan fingerprint density at radius 3 is 2.56 bits per heavy atom. The fourth-order valence-corrected chi connectivity index (χ4v) is 1.25. The molecule has 0 aliphatic carbocycles. The van der Waals surface area contributed by atoms with Crippen molar-refractivity contribution in [2.24, 2.45) is 0 Å². The topological polar surface area (TPSA) is 99.5 Å². The number of nitro groups is 1. The summed E-state index contributed by atoms with van der Waals surface area (Å²) in [5.74, 6) is -0.535. The fraction of sp³-hybridized carbons (Fsp3) is 0.200. The minimum Gasteiger partial charge on any atom is -0.612 e. The predicted octanol–water partition coefficient (Wildman–Crippen LogP) is 1.43. The minimum absolute atomic E-state index is 0.00557. The standard InChI is InChI=1S/C10H12BrN3O4/c1-2-18-10(15)9(11)13-12-7-3-5-8(6-4-7)14(16)17/h3-6,12-13,15H,2H2,1H3/p-1. The van der Waals surface area contributed by atoms with E-state index >= 15 is 0 Å². The molecule has 0 heterocycles. The molecular weight excluding hydrogens is 306 g/mol. The number of hydrogen-bond acceptors (Lipinski definition) is 6. The van der Waals surface area contributed by atoms with Gasteiger partial charge in [0, 0.05) is 12.1 Å². The summed E-state index contributed by atoms with van der Waals surface area (Å²) < 4.78 is 4.84.